The summed E-state index contributed by atoms with van der Waals surface area (Å²) in [6.45, 7) is 1.48. The van der Waals surface area contributed by atoms with Crippen molar-refractivity contribution in [3.63, 3.8) is 0 Å². The monoisotopic (exact) mass is 162 g/mol. The predicted molar refractivity (Wildman–Crippen MR) is 34.3 cm³/mol. The molecule has 0 saturated carbocycles. The minimum atomic E-state index is -0.678. The normalized spacial score (nSPS) is 11.9. The molecule has 0 spiro atoms. The summed E-state index contributed by atoms with van der Waals surface area (Å²) in [7, 11) is 0. The van der Waals surface area contributed by atoms with Crippen molar-refractivity contribution in [1.82, 2.24) is 0 Å². The SMILES string of the molecule is C[C@H](CC(=O)ON)C(=O)ON. The van der Waals surface area contributed by atoms with Crippen molar-refractivity contribution < 1.29 is 19.3 Å². The largest absolute Gasteiger partial charge is 0.373 e. The van der Waals surface area contributed by atoms with Gasteiger partial charge in [0, 0.05) is 0 Å². The fraction of sp³-hybridized carbons (Fsp3) is 0.600. The Hall–Kier alpha value is -1.14. The number of carbonyl (C=O) groups excluding carboxylic acids is 2. The molecule has 0 rings (SSSR count). The zero-order chi connectivity index (χ0) is 8.85. The first-order valence-electron chi connectivity index (χ1n) is 2.92. The third kappa shape index (κ3) is 3.54. The lowest BCUT2D eigenvalue weighted by Crippen LogP contribution is -2.22. The molecule has 0 aliphatic rings. The van der Waals surface area contributed by atoms with Crippen LogP contribution in [0.1, 0.15) is 13.3 Å². The minimum absolute atomic E-state index is 0.132. The fourth-order valence-electron chi connectivity index (χ4n) is 0.498. The first kappa shape index (κ1) is 9.86. The molecule has 64 valence electrons. The van der Waals surface area contributed by atoms with Gasteiger partial charge in [0.2, 0.25) is 0 Å². The lowest BCUT2D eigenvalue weighted by Gasteiger charge is -2.04. The van der Waals surface area contributed by atoms with Crippen LogP contribution in [0.5, 0.6) is 0 Å². The summed E-state index contributed by atoms with van der Waals surface area (Å²) < 4.78 is 0. The molecular weight excluding hydrogens is 152 g/mol. The van der Waals surface area contributed by atoms with E-state index in [0.29, 0.717) is 0 Å². The molecular formula is C5H10N2O4. The Bertz CT molecular complexity index is 159. The van der Waals surface area contributed by atoms with Crippen molar-refractivity contribution in [1.29, 1.82) is 0 Å². The molecule has 1 atom stereocenters. The fourth-order valence-corrected chi connectivity index (χ4v) is 0.498. The van der Waals surface area contributed by atoms with E-state index in [1.54, 1.807) is 0 Å². The van der Waals surface area contributed by atoms with Crippen molar-refractivity contribution in [3.8, 4) is 0 Å². The molecule has 0 amide bonds. The highest BCUT2D eigenvalue weighted by Gasteiger charge is 2.18. The minimum Gasteiger partial charge on any atom is -0.373 e. The number of hydrogen-bond donors (Lipinski definition) is 2. The van der Waals surface area contributed by atoms with Crippen molar-refractivity contribution in [2.24, 2.45) is 17.7 Å². The highest BCUT2D eigenvalue weighted by Crippen LogP contribution is 2.03. The average Bonchev–Trinajstić information content (AvgIpc) is 2.02. The van der Waals surface area contributed by atoms with Crippen molar-refractivity contribution >= 4 is 11.9 Å². The molecule has 0 aliphatic carbocycles. The maximum Gasteiger partial charge on any atom is 0.327 e. The Kier molecular flexibility index (Phi) is 4.16. The maximum absolute atomic E-state index is 10.6. The highest BCUT2D eigenvalue weighted by atomic mass is 16.7. The smallest absolute Gasteiger partial charge is 0.327 e. The molecule has 0 radical (unpaired) electrons. The van der Waals surface area contributed by atoms with Crippen LogP contribution in [0.25, 0.3) is 0 Å². The molecule has 6 nitrogen and oxygen atoms in total. The predicted octanol–water partition coefficient (Wildman–Crippen LogP) is -1.15. The summed E-state index contributed by atoms with van der Waals surface area (Å²) in [6.07, 6.45) is -0.132. The number of nitrogens with two attached hydrogens (primary N) is 2. The number of carbonyl (C=O) groups is 2. The van der Waals surface area contributed by atoms with E-state index in [2.05, 4.69) is 21.5 Å². The zero-order valence-electron chi connectivity index (χ0n) is 6.07. The molecule has 4 N–H and O–H groups in total. The maximum atomic E-state index is 10.6. The third-order valence-electron chi connectivity index (χ3n) is 1.12. The molecule has 0 fully saturated rings. The second-order valence-electron chi connectivity index (χ2n) is 2.03. The summed E-state index contributed by atoms with van der Waals surface area (Å²) in [5.41, 5.74) is 0. The first-order valence-corrected chi connectivity index (χ1v) is 2.92. The second-order valence-corrected chi connectivity index (χ2v) is 2.03. The van der Waals surface area contributed by atoms with Crippen LogP contribution >= 0.6 is 0 Å². The number of rotatable bonds is 3. The Labute approximate surface area is 63.3 Å². The van der Waals surface area contributed by atoms with Crippen molar-refractivity contribution in [2.75, 3.05) is 0 Å². The zero-order valence-corrected chi connectivity index (χ0v) is 6.07. The summed E-state index contributed by atoms with van der Waals surface area (Å²) in [5.74, 6) is 7.11. The molecule has 0 heterocycles. The molecule has 0 aromatic carbocycles. The Morgan fingerprint density at radius 3 is 2.27 bits per heavy atom. The molecule has 0 aromatic rings. The molecule has 11 heavy (non-hydrogen) atoms. The summed E-state index contributed by atoms with van der Waals surface area (Å²) in [6, 6.07) is 0. The molecule has 0 unspecified atom stereocenters. The third-order valence-corrected chi connectivity index (χ3v) is 1.12. The van der Waals surface area contributed by atoms with Gasteiger partial charge in [-0.2, -0.15) is 11.8 Å². The highest BCUT2D eigenvalue weighted by molar-refractivity contribution is 5.79. The van der Waals surface area contributed by atoms with Gasteiger partial charge in [0.05, 0.1) is 12.3 Å². The van der Waals surface area contributed by atoms with Gasteiger partial charge in [-0.25, -0.2) is 0 Å². The van der Waals surface area contributed by atoms with Gasteiger partial charge in [0.15, 0.2) is 0 Å². The molecule has 0 saturated heterocycles. The van der Waals surface area contributed by atoms with E-state index in [1.807, 2.05) is 0 Å². The molecule has 6 heteroatoms. The standard InChI is InChI=1S/C5H10N2O4/c1-3(5(9)11-7)2-4(8)10-6/h3H,2,6-7H2,1H3/t3-/m1/s1. The Morgan fingerprint density at radius 2 is 1.91 bits per heavy atom. The van der Waals surface area contributed by atoms with Gasteiger partial charge in [-0.1, -0.05) is 6.92 Å². The van der Waals surface area contributed by atoms with Crippen molar-refractivity contribution in [2.45, 2.75) is 13.3 Å². The number of hydrogen-bond acceptors (Lipinski definition) is 6. The van der Waals surface area contributed by atoms with Crippen LogP contribution in [-0.4, -0.2) is 11.9 Å². The van der Waals surface area contributed by atoms with Crippen LogP contribution < -0.4 is 11.8 Å². The van der Waals surface area contributed by atoms with Gasteiger partial charge in [-0.3, -0.25) is 9.59 Å². The molecule has 0 aliphatic heterocycles. The second kappa shape index (κ2) is 4.64. The summed E-state index contributed by atoms with van der Waals surface area (Å²) in [4.78, 5) is 28.7. The van der Waals surface area contributed by atoms with Crippen LogP contribution in [0.3, 0.4) is 0 Å². The Balaban J connectivity index is 3.77. The van der Waals surface area contributed by atoms with Crippen LogP contribution in [-0.2, 0) is 19.3 Å². The molecule has 0 bridgehead atoms. The lowest BCUT2D eigenvalue weighted by atomic mass is 10.1. The van der Waals surface area contributed by atoms with Gasteiger partial charge < -0.3 is 9.68 Å². The van der Waals surface area contributed by atoms with Crippen LogP contribution in [0.4, 0.5) is 0 Å². The van der Waals surface area contributed by atoms with Gasteiger partial charge in [-0.15, -0.1) is 0 Å². The average molecular weight is 162 g/mol. The van der Waals surface area contributed by atoms with Gasteiger partial charge >= 0.3 is 11.9 Å². The summed E-state index contributed by atoms with van der Waals surface area (Å²) >= 11 is 0. The quantitative estimate of drug-likeness (QED) is 0.507. The van der Waals surface area contributed by atoms with Gasteiger partial charge in [0.25, 0.3) is 0 Å². The van der Waals surface area contributed by atoms with Crippen LogP contribution in [0.2, 0.25) is 0 Å². The van der Waals surface area contributed by atoms with Crippen LogP contribution in [0, 0.1) is 5.92 Å². The van der Waals surface area contributed by atoms with E-state index < -0.39 is 17.9 Å². The van der Waals surface area contributed by atoms with E-state index >= 15 is 0 Å². The lowest BCUT2D eigenvalue weighted by molar-refractivity contribution is -0.155. The van der Waals surface area contributed by atoms with Crippen molar-refractivity contribution in [3.05, 3.63) is 0 Å². The summed E-state index contributed by atoms with van der Waals surface area (Å²) in [5, 5.41) is 0. The van der Waals surface area contributed by atoms with E-state index in [1.165, 1.54) is 6.92 Å². The van der Waals surface area contributed by atoms with E-state index in [0.717, 1.165) is 0 Å². The van der Waals surface area contributed by atoms with Gasteiger partial charge in [-0.05, 0) is 0 Å². The first-order chi connectivity index (χ1) is 5.11. The van der Waals surface area contributed by atoms with E-state index in [9.17, 15) is 9.59 Å². The van der Waals surface area contributed by atoms with E-state index in [-0.39, 0.29) is 6.42 Å². The topological polar surface area (TPSA) is 105 Å². The van der Waals surface area contributed by atoms with Gasteiger partial charge in [0.1, 0.15) is 0 Å². The van der Waals surface area contributed by atoms with E-state index in [4.69, 9.17) is 0 Å². The van der Waals surface area contributed by atoms with Crippen LogP contribution in [0.15, 0.2) is 0 Å². The molecule has 0 aromatic heterocycles. The Morgan fingerprint density at radius 1 is 1.36 bits per heavy atom.